The van der Waals surface area contributed by atoms with Crippen LogP contribution in [0, 0.1) is 0 Å². The first-order valence-corrected chi connectivity index (χ1v) is 16.4. The summed E-state index contributed by atoms with van der Waals surface area (Å²) in [7, 11) is 0. The lowest BCUT2D eigenvalue weighted by atomic mass is 9.93. The van der Waals surface area contributed by atoms with Crippen molar-refractivity contribution in [3.05, 3.63) is 194 Å². The summed E-state index contributed by atoms with van der Waals surface area (Å²) in [5.74, 6) is 0. The van der Waals surface area contributed by atoms with Gasteiger partial charge in [0.15, 0.2) is 0 Å². The summed E-state index contributed by atoms with van der Waals surface area (Å²) in [6, 6.07) is 69.9. The van der Waals surface area contributed by atoms with Crippen LogP contribution in [-0.4, -0.2) is 4.57 Å². The van der Waals surface area contributed by atoms with Gasteiger partial charge in [0.25, 0.3) is 0 Å². The Morgan fingerprint density at radius 1 is 0.354 bits per heavy atom. The van der Waals surface area contributed by atoms with Crippen molar-refractivity contribution in [2.45, 2.75) is 0 Å². The van der Waals surface area contributed by atoms with E-state index in [4.69, 9.17) is 0 Å². The molecule has 9 aromatic rings. The first kappa shape index (κ1) is 27.9. The van der Waals surface area contributed by atoms with Gasteiger partial charge in [0.1, 0.15) is 0 Å². The normalized spacial score (nSPS) is 11.3. The average Bonchev–Trinajstić information content (AvgIpc) is 3.50. The number of anilines is 3. The molecule has 0 spiro atoms. The summed E-state index contributed by atoms with van der Waals surface area (Å²) in [5.41, 5.74) is 11.7. The van der Waals surface area contributed by atoms with Crippen LogP contribution < -0.4 is 4.90 Å². The lowest BCUT2D eigenvalue weighted by molar-refractivity contribution is 1.18. The number of hydrogen-bond acceptors (Lipinski definition) is 1. The molecule has 0 aliphatic carbocycles. The number of benzene rings is 8. The van der Waals surface area contributed by atoms with Gasteiger partial charge in [-0.25, -0.2) is 0 Å². The van der Waals surface area contributed by atoms with Crippen molar-refractivity contribution in [3.8, 4) is 27.9 Å². The topological polar surface area (TPSA) is 8.17 Å². The molecule has 8 aromatic carbocycles. The Balaban J connectivity index is 1.21. The van der Waals surface area contributed by atoms with Gasteiger partial charge >= 0.3 is 0 Å². The van der Waals surface area contributed by atoms with E-state index in [0.717, 1.165) is 22.7 Å². The van der Waals surface area contributed by atoms with Crippen molar-refractivity contribution in [1.82, 2.24) is 4.57 Å². The van der Waals surface area contributed by atoms with E-state index < -0.39 is 0 Å². The van der Waals surface area contributed by atoms with Crippen LogP contribution in [0.1, 0.15) is 0 Å². The maximum Gasteiger partial charge on any atom is 0.0547 e. The molecule has 0 aliphatic heterocycles. The molecular weight excluding hydrogens is 581 g/mol. The lowest BCUT2D eigenvalue weighted by Gasteiger charge is -2.27. The SMILES string of the molecule is c1ccc(N(c2cccc(-c3ccccc3-c3ccc4c5ccccc5n(-c5ccccc5)c4c3)c2)c2cccc3ccccc23)cc1. The third-order valence-electron chi connectivity index (χ3n) is 9.36. The third kappa shape index (κ3) is 4.74. The predicted molar refractivity (Wildman–Crippen MR) is 204 cm³/mol. The van der Waals surface area contributed by atoms with Crippen molar-refractivity contribution in [1.29, 1.82) is 0 Å². The van der Waals surface area contributed by atoms with Gasteiger partial charge in [-0.05, 0) is 82.2 Å². The van der Waals surface area contributed by atoms with Crippen LogP contribution >= 0.6 is 0 Å². The zero-order chi connectivity index (χ0) is 31.9. The number of hydrogen-bond donors (Lipinski definition) is 0. The number of rotatable bonds is 6. The van der Waals surface area contributed by atoms with Crippen LogP contribution in [0.4, 0.5) is 17.1 Å². The number of nitrogens with zero attached hydrogens (tertiary/aromatic N) is 2. The second-order valence-electron chi connectivity index (χ2n) is 12.2. The minimum Gasteiger partial charge on any atom is -0.310 e. The molecule has 1 aromatic heterocycles. The molecule has 0 fully saturated rings. The van der Waals surface area contributed by atoms with Crippen LogP contribution in [0.25, 0.3) is 60.5 Å². The highest BCUT2D eigenvalue weighted by molar-refractivity contribution is 6.10. The van der Waals surface area contributed by atoms with E-state index in [-0.39, 0.29) is 0 Å². The average molecular weight is 613 g/mol. The molecule has 0 aliphatic rings. The van der Waals surface area contributed by atoms with Gasteiger partial charge in [-0.3, -0.25) is 0 Å². The smallest absolute Gasteiger partial charge is 0.0547 e. The molecule has 0 unspecified atom stereocenters. The third-order valence-corrected chi connectivity index (χ3v) is 9.36. The molecule has 1 heterocycles. The Kier molecular flexibility index (Phi) is 6.84. The number of para-hydroxylation sites is 3. The summed E-state index contributed by atoms with van der Waals surface area (Å²) in [6.45, 7) is 0. The number of fused-ring (bicyclic) bond motifs is 4. The Morgan fingerprint density at radius 2 is 0.938 bits per heavy atom. The van der Waals surface area contributed by atoms with Crippen molar-refractivity contribution < 1.29 is 0 Å². The van der Waals surface area contributed by atoms with E-state index in [1.165, 1.54) is 54.8 Å². The quantitative estimate of drug-likeness (QED) is 0.181. The fraction of sp³-hybridized carbons (Fsp3) is 0. The zero-order valence-corrected chi connectivity index (χ0v) is 26.4. The molecule has 2 nitrogen and oxygen atoms in total. The Labute approximate surface area is 280 Å². The summed E-state index contributed by atoms with van der Waals surface area (Å²) in [6.07, 6.45) is 0. The zero-order valence-electron chi connectivity index (χ0n) is 26.4. The van der Waals surface area contributed by atoms with E-state index >= 15 is 0 Å². The Morgan fingerprint density at radius 3 is 1.75 bits per heavy atom. The van der Waals surface area contributed by atoms with Crippen molar-refractivity contribution >= 4 is 49.6 Å². The van der Waals surface area contributed by atoms with E-state index in [2.05, 4.69) is 204 Å². The highest BCUT2D eigenvalue weighted by Crippen LogP contribution is 2.42. The van der Waals surface area contributed by atoms with Gasteiger partial charge in [0.2, 0.25) is 0 Å². The highest BCUT2D eigenvalue weighted by atomic mass is 15.1. The Bertz CT molecular complexity index is 2560. The van der Waals surface area contributed by atoms with Gasteiger partial charge in [-0.1, -0.05) is 140 Å². The van der Waals surface area contributed by atoms with Crippen molar-refractivity contribution in [2.24, 2.45) is 0 Å². The van der Waals surface area contributed by atoms with Gasteiger partial charge in [-0.15, -0.1) is 0 Å². The second kappa shape index (κ2) is 11.8. The molecular formula is C46H32N2. The first-order chi connectivity index (χ1) is 23.8. The summed E-state index contributed by atoms with van der Waals surface area (Å²) in [4.78, 5) is 2.37. The van der Waals surface area contributed by atoms with E-state index in [1.807, 2.05) is 0 Å². The van der Waals surface area contributed by atoms with Crippen LogP contribution in [0.3, 0.4) is 0 Å². The van der Waals surface area contributed by atoms with E-state index in [9.17, 15) is 0 Å². The molecule has 9 rings (SSSR count). The van der Waals surface area contributed by atoms with Gasteiger partial charge in [0.05, 0.1) is 16.7 Å². The summed E-state index contributed by atoms with van der Waals surface area (Å²) in [5, 5.41) is 4.96. The molecule has 2 heteroatoms. The van der Waals surface area contributed by atoms with Gasteiger partial charge in [0, 0.05) is 33.2 Å². The molecule has 0 amide bonds. The minimum absolute atomic E-state index is 1.12. The molecule has 0 N–H and O–H groups in total. The monoisotopic (exact) mass is 612 g/mol. The Hall–Kier alpha value is -6.38. The lowest BCUT2D eigenvalue weighted by Crippen LogP contribution is -2.10. The highest BCUT2D eigenvalue weighted by Gasteiger charge is 2.18. The maximum absolute atomic E-state index is 2.39. The summed E-state index contributed by atoms with van der Waals surface area (Å²) < 4.78 is 2.39. The molecule has 0 saturated heterocycles. The molecule has 0 radical (unpaired) electrons. The van der Waals surface area contributed by atoms with Crippen molar-refractivity contribution in [2.75, 3.05) is 4.90 Å². The standard InChI is InChI=1S/C46H32N2/c1-3-18-36(19-4-1)47(44-28-14-16-33-15-7-8-25-41(33)44)38-22-13-17-34(31-38)39-23-9-10-24-40(39)35-29-30-43-42-26-11-12-27-45(42)48(46(43)32-35)37-20-5-2-6-21-37/h1-32H. The van der Waals surface area contributed by atoms with Crippen LogP contribution in [-0.2, 0) is 0 Å². The van der Waals surface area contributed by atoms with Crippen LogP contribution in [0.5, 0.6) is 0 Å². The predicted octanol–water partition coefficient (Wildman–Crippen LogP) is 12.7. The summed E-state index contributed by atoms with van der Waals surface area (Å²) >= 11 is 0. The van der Waals surface area contributed by atoms with Crippen molar-refractivity contribution in [3.63, 3.8) is 0 Å². The molecule has 0 saturated carbocycles. The molecule has 226 valence electrons. The second-order valence-corrected chi connectivity index (χ2v) is 12.2. The molecule has 48 heavy (non-hydrogen) atoms. The minimum atomic E-state index is 1.12. The van der Waals surface area contributed by atoms with E-state index in [0.29, 0.717) is 0 Å². The molecule has 0 bridgehead atoms. The molecule has 0 atom stereocenters. The maximum atomic E-state index is 2.39. The fourth-order valence-electron chi connectivity index (χ4n) is 7.20. The van der Waals surface area contributed by atoms with E-state index in [1.54, 1.807) is 0 Å². The van der Waals surface area contributed by atoms with Gasteiger partial charge in [-0.2, -0.15) is 0 Å². The fourth-order valence-corrected chi connectivity index (χ4v) is 7.20. The van der Waals surface area contributed by atoms with Crippen LogP contribution in [0.2, 0.25) is 0 Å². The number of aromatic nitrogens is 1. The largest absolute Gasteiger partial charge is 0.310 e. The van der Waals surface area contributed by atoms with Gasteiger partial charge < -0.3 is 9.47 Å². The first-order valence-electron chi connectivity index (χ1n) is 16.4. The van der Waals surface area contributed by atoms with Crippen LogP contribution in [0.15, 0.2) is 194 Å².